The molecule has 0 aliphatic rings. The molecule has 0 saturated carbocycles. The molecule has 0 aliphatic carbocycles. The van der Waals surface area contributed by atoms with Crippen molar-refractivity contribution in [3.63, 3.8) is 0 Å². The van der Waals surface area contributed by atoms with E-state index in [0.29, 0.717) is 12.5 Å². The van der Waals surface area contributed by atoms with Crippen LogP contribution in [0.4, 0.5) is 0 Å². The van der Waals surface area contributed by atoms with Crippen molar-refractivity contribution >= 4 is 11.6 Å². The fourth-order valence-electron chi connectivity index (χ4n) is 6.00. The molecule has 42 heavy (non-hydrogen) atoms. The van der Waals surface area contributed by atoms with Gasteiger partial charge in [-0.05, 0) is 12.8 Å². The van der Waals surface area contributed by atoms with Crippen LogP contribution in [0, 0.1) is 0 Å². The molecular weight excluding hydrogens is 536 g/mol. The summed E-state index contributed by atoms with van der Waals surface area (Å²) in [5, 5.41) is 0. The maximum absolute atomic E-state index is 6.12. The van der Waals surface area contributed by atoms with Crippen LogP contribution in [0.15, 0.2) is 0 Å². The van der Waals surface area contributed by atoms with E-state index in [1.165, 1.54) is 199 Å². The Kier molecular flexibility index (Phi) is 39.4. The Labute approximate surface area is 271 Å². The van der Waals surface area contributed by atoms with Gasteiger partial charge >= 0.3 is 0 Å². The minimum atomic E-state index is 0.0593. The minimum Gasteiger partial charge on any atom is -0.379 e. The quantitative estimate of drug-likeness (QED) is 0.0508. The average molecular weight is 616 g/mol. The summed E-state index contributed by atoms with van der Waals surface area (Å²) in [5.74, 6) is 0.539. The molecule has 3 heteroatoms. The molecule has 0 radical (unpaired) electrons. The van der Waals surface area contributed by atoms with Crippen LogP contribution in [0.3, 0.4) is 0 Å². The molecule has 0 aromatic heterocycles. The SMILES string of the molecule is CCCCCCCCCCCCCCCCCCOCC(CCl)OCCCCCCCCCCCCCCCCCC. The molecule has 0 fully saturated rings. The number of alkyl halides is 1. The van der Waals surface area contributed by atoms with E-state index in [9.17, 15) is 0 Å². The van der Waals surface area contributed by atoms with Gasteiger partial charge in [-0.1, -0.05) is 206 Å². The summed E-state index contributed by atoms with van der Waals surface area (Å²) in [6, 6.07) is 0. The molecule has 0 N–H and O–H groups in total. The number of halogens is 1. The average Bonchev–Trinajstić information content (AvgIpc) is 3.00. The van der Waals surface area contributed by atoms with Crippen LogP contribution in [0.25, 0.3) is 0 Å². The van der Waals surface area contributed by atoms with Gasteiger partial charge in [0.25, 0.3) is 0 Å². The zero-order valence-corrected chi connectivity index (χ0v) is 30.0. The highest BCUT2D eigenvalue weighted by Crippen LogP contribution is 2.15. The normalized spacial score (nSPS) is 12.4. The first-order valence-electron chi connectivity index (χ1n) is 19.6. The molecule has 0 aromatic rings. The first kappa shape index (κ1) is 42.2. The predicted octanol–water partition coefficient (Wildman–Crippen LogP) is 14.1. The first-order valence-corrected chi connectivity index (χ1v) is 20.1. The monoisotopic (exact) mass is 615 g/mol. The van der Waals surface area contributed by atoms with Gasteiger partial charge in [0.1, 0.15) is 0 Å². The molecule has 0 aromatic carbocycles. The maximum Gasteiger partial charge on any atom is 0.0943 e. The topological polar surface area (TPSA) is 18.5 Å². The number of rotatable bonds is 38. The second kappa shape index (κ2) is 39.2. The van der Waals surface area contributed by atoms with E-state index in [4.69, 9.17) is 21.1 Å². The van der Waals surface area contributed by atoms with Gasteiger partial charge in [-0.15, -0.1) is 11.6 Å². The van der Waals surface area contributed by atoms with E-state index < -0.39 is 0 Å². The Balaban J connectivity index is 3.24. The van der Waals surface area contributed by atoms with Crippen molar-refractivity contribution in [3.05, 3.63) is 0 Å². The van der Waals surface area contributed by atoms with Crippen molar-refractivity contribution in [2.24, 2.45) is 0 Å². The number of hydrogen-bond donors (Lipinski definition) is 0. The summed E-state index contributed by atoms with van der Waals surface area (Å²) in [6.45, 7) is 6.94. The van der Waals surface area contributed by atoms with Gasteiger partial charge in [-0.25, -0.2) is 0 Å². The van der Waals surface area contributed by atoms with E-state index >= 15 is 0 Å². The van der Waals surface area contributed by atoms with Crippen LogP contribution in [0.2, 0.25) is 0 Å². The summed E-state index contributed by atoms with van der Waals surface area (Å²) in [4.78, 5) is 0. The molecule has 0 bridgehead atoms. The van der Waals surface area contributed by atoms with Gasteiger partial charge in [0, 0.05) is 13.2 Å². The standard InChI is InChI=1S/C39H79ClO2/c1-3-5-7-9-11-13-15-17-19-21-23-25-27-29-31-33-35-41-38-39(37-40)42-36-34-32-30-28-26-24-22-20-18-16-14-12-10-8-6-4-2/h39H,3-38H2,1-2H3. The van der Waals surface area contributed by atoms with Crippen LogP contribution < -0.4 is 0 Å². The summed E-state index contributed by atoms with van der Waals surface area (Å²) >= 11 is 6.12. The fraction of sp³-hybridized carbons (Fsp3) is 1.00. The Morgan fingerprint density at radius 1 is 0.357 bits per heavy atom. The molecular formula is C39H79ClO2. The summed E-state index contributed by atoms with van der Waals surface area (Å²) in [5.41, 5.74) is 0. The van der Waals surface area contributed by atoms with Gasteiger partial charge in [0.15, 0.2) is 0 Å². The second-order valence-corrected chi connectivity index (χ2v) is 13.6. The minimum absolute atomic E-state index is 0.0593. The van der Waals surface area contributed by atoms with Crippen molar-refractivity contribution in [3.8, 4) is 0 Å². The van der Waals surface area contributed by atoms with E-state index in [1.54, 1.807) is 0 Å². The molecule has 2 nitrogen and oxygen atoms in total. The third-order valence-corrected chi connectivity index (χ3v) is 9.31. The predicted molar refractivity (Wildman–Crippen MR) is 190 cm³/mol. The van der Waals surface area contributed by atoms with Crippen molar-refractivity contribution in [1.82, 2.24) is 0 Å². The molecule has 0 amide bonds. The largest absolute Gasteiger partial charge is 0.379 e. The van der Waals surface area contributed by atoms with Gasteiger partial charge in [-0.3, -0.25) is 0 Å². The Morgan fingerprint density at radius 2 is 0.619 bits per heavy atom. The Bertz CT molecular complexity index is 458. The number of unbranched alkanes of at least 4 members (excludes halogenated alkanes) is 30. The number of ether oxygens (including phenoxy) is 2. The summed E-state index contributed by atoms with van der Waals surface area (Å²) in [6.07, 6.45) is 45.0. The van der Waals surface area contributed by atoms with Gasteiger partial charge in [0.2, 0.25) is 0 Å². The second-order valence-electron chi connectivity index (χ2n) is 13.3. The van der Waals surface area contributed by atoms with Crippen molar-refractivity contribution in [1.29, 1.82) is 0 Å². The molecule has 254 valence electrons. The highest BCUT2D eigenvalue weighted by molar-refractivity contribution is 6.18. The maximum atomic E-state index is 6.12. The van der Waals surface area contributed by atoms with Crippen LogP contribution in [-0.4, -0.2) is 31.8 Å². The lowest BCUT2D eigenvalue weighted by Crippen LogP contribution is -2.22. The highest BCUT2D eigenvalue weighted by atomic mass is 35.5. The first-order chi connectivity index (χ1) is 20.8. The highest BCUT2D eigenvalue weighted by Gasteiger charge is 2.07. The molecule has 1 atom stereocenters. The fourth-order valence-corrected chi connectivity index (χ4v) is 6.18. The van der Waals surface area contributed by atoms with Crippen molar-refractivity contribution < 1.29 is 9.47 Å². The molecule has 0 saturated heterocycles. The summed E-state index contributed by atoms with van der Waals surface area (Å²) in [7, 11) is 0. The van der Waals surface area contributed by atoms with E-state index in [2.05, 4.69) is 13.8 Å². The van der Waals surface area contributed by atoms with Crippen LogP contribution >= 0.6 is 11.6 Å². The van der Waals surface area contributed by atoms with Gasteiger partial charge < -0.3 is 9.47 Å². The van der Waals surface area contributed by atoms with Crippen LogP contribution in [0.5, 0.6) is 0 Å². The summed E-state index contributed by atoms with van der Waals surface area (Å²) < 4.78 is 11.9. The smallest absolute Gasteiger partial charge is 0.0943 e. The lowest BCUT2D eigenvalue weighted by atomic mass is 10.0. The van der Waals surface area contributed by atoms with Gasteiger partial charge in [0.05, 0.1) is 18.6 Å². The lowest BCUT2D eigenvalue weighted by molar-refractivity contribution is -0.00689. The third kappa shape index (κ3) is 36.4. The van der Waals surface area contributed by atoms with Crippen LogP contribution in [-0.2, 0) is 9.47 Å². The Morgan fingerprint density at radius 3 is 0.905 bits per heavy atom. The van der Waals surface area contributed by atoms with E-state index in [-0.39, 0.29) is 6.10 Å². The van der Waals surface area contributed by atoms with Gasteiger partial charge in [-0.2, -0.15) is 0 Å². The third-order valence-electron chi connectivity index (χ3n) is 8.97. The lowest BCUT2D eigenvalue weighted by Gasteiger charge is -2.15. The van der Waals surface area contributed by atoms with Crippen molar-refractivity contribution in [2.45, 2.75) is 225 Å². The number of hydrogen-bond acceptors (Lipinski definition) is 2. The van der Waals surface area contributed by atoms with Crippen molar-refractivity contribution in [2.75, 3.05) is 25.7 Å². The van der Waals surface area contributed by atoms with Crippen LogP contribution in [0.1, 0.15) is 219 Å². The molecule has 0 rings (SSSR count). The van der Waals surface area contributed by atoms with E-state index in [1.807, 2.05) is 0 Å². The zero-order chi connectivity index (χ0) is 30.4. The Hall–Kier alpha value is 0.210. The molecule has 0 aliphatic heterocycles. The molecule has 1 unspecified atom stereocenters. The zero-order valence-electron chi connectivity index (χ0n) is 29.2. The van der Waals surface area contributed by atoms with E-state index in [0.717, 1.165) is 19.6 Å². The molecule has 0 heterocycles. The molecule has 0 spiro atoms.